The monoisotopic (exact) mass is 706 g/mol. The number of imide groups is 2. The highest BCUT2D eigenvalue weighted by molar-refractivity contribution is 6.27. The fourth-order valence-electron chi connectivity index (χ4n) is 3.60. The van der Waals surface area contributed by atoms with E-state index in [0.717, 1.165) is 0 Å². The number of piperidine rings is 1. The zero-order valence-corrected chi connectivity index (χ0v) is 21.4. The highest BCUT2D eigenvalue weighted by Gasteiger charge is 2.55. The number of esters is 4. The number of alkyl halides is 12. The first-order valence-corrected chi connectivity index (χ1v) is 11.3. The maximum atomic E-state index is 13.3. The van der Waals surface area contributed by atoms with Crippen LogP contribution in [0.15, 0.2) is 0 Å². The molecule has 0 radical (unpaired) electrons. The van der Waals surface area contributed by atoms with Crippen molar-refractivity contribution in [3.63, 3.8) is 0 Å². The number of amides is 4. The lowest BCUT2D eigenvalue weighted by molar-refractivity contribution is -0.193. The Kier molecular flexibility index (Phi) is 8.98. The second kappa shape index (κ2) is 11.7. The number of nitrogens with one attached hydrogen (secondary N) is 1. The van der Waals surface area contributed by atoms with Gasteiger partial charge in [-0.15, -0.1) is 0 Å². The third kappa shape index (κ3) is 7.19. The summed E-state index contributed by atoms with van der Waals surface area (Å²) in [6.45, 7) is 0. The van der Waals surface area contributed by atoms with E-state index in [0.29, 0.717) is 0 Å². The van der Waals surface area contributed by atoms with Crippen molar-refractivity contribution in [1.29, 1.82) is 0 Å². The zero-order valence-electron chi connectivity index (χ0n) is 21.4. The van der Waals surface area contributed by atoms with Gasteiger partial charge in [-0.1, -0.05) is 0 Å². The molecule has 0 saturated carbocycles. The Morgan fingerprint density at radius 3 is 1.13 bits per heavy atom. The van der Waals surface area contributed by atoms with Crippen molar-refractivity contribution in [1.82, 2.24) is 10.2 Å². The van der Waals surface area contributed by atoms with Crippen LogP contribution in [0.25, 0.3) is 0 Å². The van der Waals surface area contributed by atoms with Gasteiger partial charge in [-0.2, -0.15) is 52.7 Å². The SMILES string of the molecule is O=C1CCC(N2C(=O)c3c(OC(=O)C(F)(F)F)c(OC(=O)C(F)(F)F)c(OC(=O)C(F)(F)F)c(OC(=O)C(F)(F)F)c3C2=O)C(=O)N1. The number of benzene rings is 1. The first kappa shape index (κ1) is 36.0. The molecule has 1 unspecified atom stereocenters. The molecule has 0 aliphatic carbocycles. The minimum atomic E-state index is -6.34. The van der Waals surface area contributed by atoms with Crippen molar-refractivity contribution in [3.8, 4) is 23.0 Å². The van der Waals surface area contributed by atoms with Crippen LogP contribution in [-0.2, 0) is 28.8 Å². The molecule has 3 rings (SSSR count). The van der Waals surface area contributed by atoms with Crippen molar-refractivity contribution in [2.75, 3.05) is 0 Å². The molecule has 2 heterocycles. The minimum absolute atomic E-state index is 0.465. The lowest BCUT2D eigenvalue weighted by atomic mass is 10.0. The number of carbonyl (C=O) groups is 8. The zero-order chi connectivity index (χ0) is 36.2. The number of fused-ring (bicyclic) bond motifs is 1. The Morgan fingerprint density at radius 1 is 0.553 bits per heavy atom. The van der Waals surface area contributed by atoms with Gasteiger partial charge in [0.25, 0.3) is 11.8 Å². The second-order valence-corrected chi connectivity index (χ2v) is 8.56. The van der Waals surface area contributed by atoms with E-state index in [1.807, 2.05) is 0 Å². The predicted molar refractivity (Wildman–Crippen MR) is 110 cm³/mol. The predicted octanol–water partition coefficient (Wildman–Crippen LogP) is 1.96. The summed E-state index contributed by atoms with van der Waals surface area (Å²) in [6.07, 6.45) is -26.8. The average molecular weight is 706 g/mol. The van der Waals surface area contributed by atoms with Crippen LogP contribution >= 0.6 is 0 Å². The molecular formula is C21H6F12N2O12. The summed E-state index contributed by atoms with van der Waals surface area (Å²) >= 11 is 0. The molecule has 0 aromatic heterocycles. The molecule has 1 fully saturated rings. The Balaban J connectivity index is 2.55. The van der Waals surface area contributed by atoms with Crippen molar-refractivity contribution in [2.45, 2.75) is 43.6 Å². The smallest absolute Gasteiger partial charge is 0.415 e. The lowest BCUT2D eigenvalue weighted by Gasteiger charge is -2.27. The third-order valence-electron chi connectivity index (χ3n) is 5.41. The highest BCUT2D eigenvalue weighted by Crippen LogP contribution is 2.54. The molecule has 2 aliphatic heterocycles. The molecule has 0 spiro atoms. The number of hydrogen-bond acceptors (Lipinski definition) is 12. The lowest BCUT2D eigenvalue weighted by Crippen LogP contribution is -2.54. The number of rotatable bonds is 5. The molecule has 26 heteroatoms. The van der Waals surface area contributed by atoms with E-state index in [1.54, 1.807) is 0 Å². The number of ether oxygens (including phenoxy) is 4. The van der Waals surface area contributed by atoms with E-state index < -0.39 is 130 Å². The summed E-state index contributed by atoms with van der Waals surface area (Å²) in [7, 11) is 0. The Labute approximate surface area is 246 Å². The summed E-state index contributed by atoms with van der Waals surface area (Å²) in [4.78, 5) is 96.5. The van der Waals surface area contributed by atoms with Crippen molar-refractivity contribution in [2.24, 2.45) is 0 Å². The molecule has 0 bridgehead atoms. The first-order valence-electron chi connectivity index (χ1n) is 11.3. The molecule has 1 aromatic carbocycles. The number of carbonyl (C=O) groups excluding carboxylic acids is 8. The first-order chi connectivity index (χ1) is 21.2. The van der Waals surface area contributed by atoms with Crippen LogP contribution in [0.3, 0.4) is 0 Å². The molecule has 1 atom stereocenters. The summed E-state index contributed by atoms with van der Waals surface area (Å²) in [5, 5.41) is 1.53. The summed E-state index contributed by atoms with van der Waals surface area (Å²) in [6, 6.07) is -2.29. The van der Waals surface area contributed by atoms with Gasteiger partial charge in [-0.05, 0) is 6.42 Å². The quantitative estimate of drug-likeness (QED) is 0.203. The van der Waals surface area contributed by atoms with Crippen LogP contribution in [0, 0.1) is 0 Å². The molecule has 1 saturated heterocycles. The molecule has 1 N–H and O–H groups in total. The molecule has 4 amide bonds. The molecule has 47 heavy (non-hydrogen) atoms. The van der Waals surface area contributed by atoms with Crippen LogP contribution in [0.1, 0.15) is 33.6 Å². The maximum Gasteiger partial charge on any atom is 0.491 e. The van der Waals surface area contributed by atoms with Crippen molar-refractivity contribution in [3.05, 3.63) is 11.1 Å². The molecule has 1 aromatic rings. The van der Waals surface area contributed by atoms with Gasteiger partial charge in [-0.25, -0.2) is 19.2 Å². The fraction of sp³-hybridized carbons (Fsp3) is 0.333. The molecule has 14 nitrogen and oxygen atoms in total. The van der Waals surface area contributed by atoms with E-state index in [1.165, 1.54) is 5.32 Å². The van der Waals surface area contributed by atoms with Crippen LogP contribution < -0.4 is 24.3 Å². The van der Waals surface area contributed by atoms with Crippen LogP contribution in [0.4, 0.5) is 52.7 Å². The van der Waals surface area contributed by atoms with Gasteiger partial charge >= 0.3 is 48.6 Å². The van der Waals surface area contributed by atoms with E-state index in [2.05, 4.69) is 18.9 Å². The average Bonchev–Trinajstić information content (AvgIpc) is 3.14. The van der Waals surface area contributed by atoms with Gasteiger partial charge in [0.05, 0.1) is 0 Å². The second-order valence-electron chi connectivity index (χ2n) is 8.56. The maximum absolute atomic E-state index is 13.3. The van der Waals surface area contributed by atoms with Crippen molar-refractivity contribution < 1.29 is 110 Å². The van der Waals surface area contributed by atoms with E-state index >= 15 is 0 Å². The van der Waals surface area contributed by atoms with Crippen molar-refractivity contribution >= 4 is 47.5 Å². The Bertz CT molecular complexity index is 1530. The van der Waals surface area contributed by atoms with Gasteiger partial charge in [0.2, 0.25) is 23.3 Å². The van der Waals surface area contributed by atoms with Gasteiger partial charge in [0.15, 0.2) is 11.5 Å². The summed E-state index contributed by atoms with van der Waals surface area (Å²) in [5.74, 6) is -33.0. The number of hydrogen-bond donors (Lipinski definition) is 1. The normalized spacial score (nSPS) is 17.2. The van der Waals surface area contributed by atoms with Crippen LogP contribution in [0.5, 0.6) is 23.0 Å². The largest absolute Gasteiger partial charge is 0.491 e. The Hall–Kier alpha value is -5.46. The third-order valence-corrected chi connectivity index (χ3v) is 5.41. The topological polar surface area (TPSA) is 189 Å². The minimum Gasteiger partial charge on any atom is -0.415 e. The van der Waals surface area contributed by atoms with E-state index in [4.69, 9.17) is 0 Å². The van der Waals surface area contributed by atoms with Crippen LogP contribution in [-0.4, -0.2) is 83.2 Å². The Morgan fingerprint density at radius 2 is 0.851 bits per heavy atom. The molecule has 2 aliphatic rings. The van der Waals surface area contributed by atoms with Gasteiger partial charge in [0, 0.05) is 6.42 Å². The molecule has 256 valence electrons. The van der Waals surface area contributed by atoms with E-state index in [9.17, 15) is 91.0 Å². The van der Waals surface area contributed by atoms with E-state index in [-0.39, 0.29) is 0 Å². The van der Waals surface area contributed by atoms with Gasteiger partial charge < -0.3 is 18.9 Å². The standard InChI is InChI=1S/C21H6F12N2O12/c22-18(23,24)14(40)44-7-5-6(13(39)35(12(5)38)3-1-2-4(36)34-11(3)37)8(45-15(41)19(25,26)27)10(47-17(43)21(31,32)33)9(7)46-16(42)20(28,29)30/h3H,1-2H2,(H,34,36,37). The highest BCUT2D eigenvalue weighted by atomic mass is 19.4. The van der Waals surface area contributed by atoms with Gasteiger partial charge in [0.1, 0.15) is 17.2 Å². The van der Waals surface area contributed by atoms with Gasteiger partial charge in [-0.3, -0.25) is 29.4 Å². The number of nitrogens with zero attached hydrogens (tertiary/aromatic N) is 1. The number of halogens is 12. The summed E-state index contributed by atoms with van der Waals surface area (Å²) in [5.41, 5.74) is -4.39. The fourth-order valence-corrected chi connectivity index (χ4v) is 3.60. The summed E-state index contributed by atoms with van der Waals surface area (Å²) < 4.78 is 172. The van der Waals surface area contributed by atoms with Crippen LogP contribution in [0.2, 0.25) is 0 Å². The molecular weight excluding hydrogens is 700 g/mol.